The molecule has 2 N–H and O–H groups in total. The lowest BCUT2D eigenvalue weighted by molar-refractivity contribution is -0.138. The van der Waals surface area contributed by atoms with Crippen molar-refractivity contribution in [3.05, 3.63) is 107 Å². The minimum atomic E-state index is -0.463. The van der Waals surface area contributed by atoms with Crippen LogP contribution in [-0.2, 0) is 28.8 Å². The molecule has 2 heterocycles. The molecular formula is C35H34N6O4. The highest BCUT2D eigenvalue weighted by Gasteiger charge is 2.20. The molecule has 6 rings (SSSR count). The summed E-state index contributed by atoms with van der Waals surface area (Å²) in [5, 5.41) is 41.6. The second kappa shape index (κ2) is 12.6. The molecule has 0 atom stereocenters. The van der Waals surface area contributed by atoms with E-state index < -0.39 is 5.97 Å². The smallest absolute Gasteiger partial charge is 0.333 e. The molecule has 0 amide bonds. The predicted octanol–water partition coefficient (Wildman–Crippen LogP) is 6.16. The standard InChI is InChI=1S/C35H34N6O4/c1-4-5-10-23-17-25(33(42)31(19-23)40-36-27-11-6-7-12-28(27)37-40)21-26-18-24(15-16-45-35(44)22(2)3)20-32(34(26)43)41-38-29-13-8-9-14-30(29)39-41/h6-9,11-14,17-20,42-43H,2,4-5,10,15-16,21H2,1,3H3. The van der Waals surface area contributed by atoms with Crippen molar-refractivity contribution in [2.45, 2.75) is 46.0 Å². The van der Waals surface area contributed by atoms with Crippen molar-refractivity contribution in [1.82, 2.24) is 30.0 Å². The van der Waals surface area contributed by atoms with E-state index in [-0.39, 0.29) is 24.5 Å². The molecule has 0 saturated heterocycles. The number of phenolic OH excluding ortho intramolecular Hbond substituents is 2. The lowest BCUT2D eigenvalue weighted by atomic mass is 9.96. The Morgan fingerprint density at radius 1 is 0.756 bits per heavy atom. The fraction of sp³-hybridized carbons (Fsp3) is 0.229. The fourth-order valence-electron chi connectivity index (χ4n) is 5.25. The Labute approximate surface area is 260 Å². The predicted molar refractivity (Wildman–Crippen MR) is 172 cm³/mol. The van der Waals surface area contributed by atoms with Crippen molar-refractivity contribution in [2.24, 2.45) is 0 Å². The summed E-state index contributed by atoms with van der Waals surface area (Å²) in [6.07, 6.45) is 3.40. The summed E-state index contributed by atoms with van der Waals surface area (Å²) in [6, 6.07) is 22.5. The van der Waals surface area contributed by atoms with Gasteiger partial charge in [-0.15, -0.1) is 30.0 Å². The van der Waals surface area contributed by atoms with Gasteiger partial charge in [-0.2, -0.15) is 0 Å². The fourth-order valence-corrected chi connectivity index (χ4v) is 5.25. The van der Waals surface area contributed by atoms with Gasteiger partial charge in [-0.05, 0) is 67.3 Å². The first-order chi connectivity index (χ1) is 21.8. The molecule has 6 aromatic rings. The highest BCUT2D eigenvalue weighted by atomic mass is 16.5. The molecule has 45 heavy (non-hydrogen) atoms. The Hall–Kier alpha value is -5.51. The molecule has 0 unspecified atom stereocenters. The third kappa shape index (κ3) is 6.26. The Morgan fingerprint density at radius 3 is 1.62 bits per heavy atom. The molecule has 0 spiro atoms. The lowest BCUT2D eigenvalue weighted by Gasteiger charge is -2.16. The minimum absolute atomic E-state index is 0.0131. The molecule has 10 heteroatoms. The average Bonchev–Trinajstić information content (AvgIpc) is 3.67. The van der Waals surface area contributed by atoms with Crippen molar-refractivity contribution >= 4 is 28.0 Å². The van der Waals surface area contributed by atoms with Gasteiger partial charge in [0.15, 0.2) is 0 Å². The van der Waals surface area contributed by atoms with Crippen molar-refractivity contribution in [2.75, 3.05) is 6.61 Å². The number of fused-ring (bicyclic) bond motifs is 2. The Morgan fingerprint density at radius 2 is 1.20 bits per heavy atom. The summed E-state index contributed by atoms with van der Waals surface area (Å²) in [7, 11) is 0. The summed E-state index contributed by atoms with van der Waals surface area (Å²) >= 11 is 0. The molecule has 2 aromatic heterocycles. The first-order valence-electron chi connectivity index (χ1n) is 15.0. The van der Waals surface area contributed by atoms with Gasteiger partial charge in [0, 0.05) is 29.5 Å². The van der Waals surface area contributed by atoms with E-state index in [0.29, 0.717) is 45.5 Å². The maximum atomic E-state index is 12.0. The maximum Gasteiger partial charge on any atom is 0.333 e. The average molecular weight is 603 g/mol. The second-order valence-electron chi connectivity index (χ2n) is 11.1. The van der Waals surface area contributed by atoms with Gasteiger partial charge in [0.05, 0.1) is 6.61 Å². The Kier molecular flexibility index (Phi) is 8.28. The van der Waals surface area contributed by atoms with Crippen LogP contribution in [0.15, 0.2) is 84.9 Å². The summed E-state index contributed by atoms with van der Waals surface area (Å²) in [5.41, 5.74) is 6.99. The number of phenols is 2. The number of ether oxygens (including phenoxy) is 1. The molecule has 10 nitrogen and oxygen atoms in total. The van der Waals surface area contributed by atoms with E-state index in [9.17, 15) is 15.0 Å². The number of benzene rings is 4. The third-order valence-corrected chi connectivity index (χ3v) is 7.63. The van der Waals surface area contributed by atoms with Crippen molar-refractivity contribution in [1.29, 1.82) is 0 Å². The maximum absolute atomic E-state index is 12.0. The van der Waals surface area contributed by atoms with Crippen LogP contribution < -0.4 is 0 Å². The topological polar surface area (TPSA) is 128 Å². The highest BCUT2D eigenvalue weighted by Crippen LogP contribution is 2.35. The third-order valence-electron chi connectivity index (χ3n) is 7.63. The monoisotopic (exact) mass is 602 g/mol. The van der Waals surface area contributed by atoms with Crippen LogP contribution in [0.5, 0.6) is 11.5 Å². The van der Waals surface area contributed by atoms with Gasteiger partial charge in [-0.25, -0.2) is 4.79 Å². The van der Waals surface area contributed by atoms with Crippen molar-refractivity contribution < 1.29 is 19.7 Å². The van der Waals surface area contributed by atoms with Crippen LogP contribution in [-0.4, -0.2) is 52.8 Å². The first-order valence-corrected chi connectivity index (χ1v) is 15.0. The van der Waals surface area contributed by atoms with Crippen LogP contribution in [0.3, 0.4) is 0 Å². The van der Waals surface area contributed by atoms with Crippen LogP contribution in [0.4, 0.5) is 0 Å². The van der Waals surface area contributed by atoms with Crippen molar-refractivity contribution in [3.8, 4) is 22.9 Å². The molecule has 4 aromatic carbocycles. The second-order valence-corrected chi connectivity index (χ2v) is 11.1. The van der Waals surface area contributed by atoms with Crippen LogP contribution >= 0.6 is 0 Å². The number of hydrogen-bond donors (Lipinski definition) is 2. The quantitative estimate of drug-likeness (QED) is 0.133. The van der Waals surface area contributed by atoms with E-state index in [1.54, 1.807) is 13.0 Å². The largest absolute Gasteiger partial charge is 0.505 e. The zero-order valence-electron chi connectivity index (χ0n) is 25.3. The van der Waals surface area contributed by atoms with E-state index in [2.05, 4.69) is 33.9 Å². The number of aromatic nitrogens is 6. The van der Waals surface area contributed by atoms with Gasteiger partial charge >= 0.3 is 5.97 Å². The first kappa shape index (κ1) is 29.6. The lowest BCUT2D eigenvalue weighted by Crippen LogP contribution is -2.09. The van der Waals surface area contributed by atoms with Crippen LogP contribution in [0, 0.1) is 0 Å². The number of aromatic hydroxyl groups is 2. The summed E-state index contributed by atoms with van der Waals surface area (Å²) < 4.78 is 5.36. The normalized spacial score (nSPS) is 11.3. The molecule has 0 bridgehead atoms. The van der Waals surface area contributed by atoms with Gasteiger partial charge in [0.25, 0.3) is 0 Å². The van der Waals surface area contributed by atoms with E-state index in [4.69, 9.17) is 4.74 Å². The molecule has 0 fully saturated rings. The van der Waals surface area contributed by atoms with Crippen LogP contribution in [0.2, 0.25) is 0 Å². The summed E-state index contributed by atoms with van der Waals surface area (Å²) in [4.78, 5) is 14.9. The Bertz CT molecular complexity index is 1980. The van der Waals surface area contributed by atoms with E-state index in [1.165, 1.54) is 9.59 Å². The molecule has 0 radical (unpaired) electrons. The number of rotatable bonds is 11. The molecule has 0 aliphatic rings. The number of carbonyl (C=O) groups is 1. The minimum Gasteiger partial charge on any atom is -0.505 e. The summed E-state index contributed by atoms with van der Waals surface area (Å²) in [5.74, 6) is -0.448. The van der Waals surface area contributed by atoms with Crippen LogP contribution in [0.1, 0.15) is 48.9 Å². The molecule has 228 valence electrons. The van der Waals surface area contributed by atoms with Crippen LogP contribution in [0.25, 0.3) is 33.4 Å². The van der Waals surface area contributed by atoms with Gasteiger partial charge in [0.2, 0.25) is 0 Å². The van der Waals surface area contributed by atoms with E-state index in [0.717, 1.165) is 41.4 Å². The van der Waals surface area contributed by atoms with E-state index in [1.807, 2.05) is 66.7 Å². The van der Waals surface area contributed by atoms with E-state index >= 15 is 0 Å². The zero-order chi connectivity index (χ0) is 31.5. The number of esters is 1. The zero-order valence-corrected chi connectivity index (χ0v) is 25.3. The SMILES string of the molecule is C=C(C)C(=O)OCCc1cc(Cc2cc(CCCC)cc(-n3nc4ccccc4n3)c2O)c(O)c(-n2nc3ccccc3n2)c1. The number of unbranched alkanes of at least 4 members (excludes halogenated alkanes) is 1. The van der Waals surface area contributed by atoms with Gasteiger partial charge < -0.3 is 14.9 Å². The molecule has 0 aliphatic heterocycles. The molecule has 0 aliphatic carbocycles. The number of aryl methyl sites for hydroxylation is 1. The number of hydrogen-bond acceptors (Lipinski definition) is 8. The summed E-state index contributed by atoms with van der Waals surface area (Å²) in [6.45, 7) is 7.51. The number of carbonyl (C=O) groups excluding carboxylic acids is 1. The van der Waals surface area contributed by atoms with Gasteiger partial charge in [-0.1, -0.05) is 56.3 Å². The molecule has 0 saturated carbocycles. The Balaban J connectivity index is 1.43. The number of nitrogens with zero attached hydrogens (tertiary/aromatic N) is 6. The van der Waals surface area contributed by atoms with Gasteiger partial charge in [-0.3, -0.25) is 0 Å². The molecular weight excluding hydrogens is 568 g/mol. The van der Waals surface area contributed by atoms with Gasteiger partial charge in [0.1, 0.15) is 44.9 Å². The van der Waals surface area contributed by atoms with Crippen molar-refractivity contribution in [3.63, 3.8) is 0 Å². The highest BCUT2D eigenvalue weighted by molar-refractivity contribution is 5.86.